The van der Waals surface area contributed by atoms with Crippen molar-refractivity contribution in [3.8, 4) is 0 Å². The fourth-order valence-electron chi connectivity index (χ4n) is 10.1. The van der Waals surface area contributed by atoms with Gasteiger partial charge in [0, 0.05) is 12.8 Å². The van der Waals surface area contributed by atoms with Gasteiger partial charge in [0.1, 0.15) is 19.3 Å². The van der Waals surface area contributed by atoms with E-state index < -0.39 is 20.0 Å². The zero-order chi connectivity index (χ0) is 59.3. The molecule has 0 rings (SSSR count). The van der Waals surface area contributed by atoms with E-state index in [2.05, 4.69) is 74.7 Å². The number of nitrogens with one attached hydrogen (secondary N) is 1. The monoisotopic (exact) mass is 1160 g/mol. The van der Waals surface area contributed by atoms with Crippen molar-refractivity contribution in [3.63, 3.8) is 0 Å². The molecule has 0 spiro atoms. The molecule has 0 aromatic carbocycles. The van der Waals surface area contributed by atoms with Gasteiger partial charge < -0.3 is 19.4 Å². The molecule has 0 bridgehead atoms. The van der Waals surface area contributed by atoms with Gasteiger partial charge in [-0.05, 0) is 96.0 Å². The molecule has 0 aliphatic heterocycles. The largest absolute Gasteiger partial charge is 0.472 e. The van der Waals surface area contributed by atoms with E-state index in [-0.39, 0.29) is 31.5 Å². The SMILES string of the molecule is CCCCC/C=C\C/C=C\CCCCCCCCCCCCCCCC(=O)NC(COP(=O)(O)OCC[N+](C)(C)C)C(/C=C/CCCCCCCCCCC)OC(=O)CCCCCCCCCCCCC/C=C\C/C=C\CCCCC. The number of unbranched alkanes of at least 4 members (excludes halogenated alkanes) is 39. The maximum absolute atomic E-state index is 13.6. The number of carbonyl (C=O) groups excluding carboxylic acids is 2. The zero-order valence-electron chi connectivity index (χ0n) is 54.3. The molecule has 0 radical (unpaired) electrons. The van der Waals surface area contributed by atoms with Crippen LogP contribution in [0.25, 0.3) is 0 Å². The van der Waals surface area contributed by atoms with E-state index in [1.807, 2.05) is 33.3 Å². The molecule has 9 nitrogen and oxygen atoms in total. The van der Waals surface area contributed by atoms with Gasteiger partial charge >= 0.3 is 13.8 Å². The summed E-state index contributed by atoms with van der Waals surface area (Å²) in [5.74, 6) is -0.498. The van der Waals surface area contributed by atoms with Crippen LogP contribution in [0.3, 0.4) is 0 Å². The molecule has 0 aromatic heterocycles. The lowest BCUT2D eigenvalue weighted by molar-refractivity contribution is -0.870. The van der Waals surface area contributed by atoms with E-state index in [1.54, 1.807) is 0 Å². The minimum Gasteiger partial charge on any atom is -0.456 e. The molecule has 0 aromatic rings. The van der Waals surface area contributed by atoms with Gasteiger partial charge in [-0.1, -0.05) is 281 Å². The summed E-state index contributed by atoms with van der Waals surface area (Å²) in [7, 11) is 1.50. The van der Waals surface area contributed by atoms with Crippen LogP contribution < -0.4 is 5.32 Å². The minimum atomic E-state index is -4.45. The summed E-state index contributed by atoms with van der Waals surface area (Å²) >= 11 is 0. The molecule has 474 valence electrons. The number of phosphoric acid groups is 1. The molecule has 0 saturated carbocycles. The number of nitrogens with zero attached hydrogens (tertiary/aromatic N) is 1. The maximum atomic E-state index is 13.6. The molecule has 3 unspecified atom stereocenters. The van der Waals surface area contributed by atoms with Crippen LogP contribution >= 0.6 is 7.82 Å². The van der Waals surface area contributed by atoms with E-state index >= 15 is 0 Å². The quantitative estimate of drug-likeness (QED) is 0.0205. The van der Waals surface area contributed by atoms with Crippen LogP contribution in [0.5, 0.6) is 0 Å². The highest BCUT2D eigenvalue weighted by Crippen LogP contribution is 2.43. The Balaban J connectivity index is 5.05. The third kappa shape index (κ3) is 62.1. The van der Waals surface area contributed by atoms with Crippen LogP contribution in [-0.2, 0) is 27.9 Å². The summed E-state index contributed by atoms with van der Waals surface area (Å²) in [5, 5.41) is 3.07. The molecule has 2 N–H and O–H groups in total. The van der Waals surface area contributed by atoms with E-state index in [0.29, 0.717) is 17.4 Å². The molecule has 0 fully saturated rings. The number of hydrogen-bond acceptors (Lipinski definition) is 6. The molecule has 0 aliphatic rings. The Morgan fingerprint density at radius 2 is 0.753 bits per heavy atom. The van der Waals surface area contributed by atoms with Crippen molar-refractivity contribution in [1.82, 2.24) is 5.32 Å². The summed E-state index contributed by atoms with van der Waals surface area (Å²) in [5.41, 5.74) is 0. The number of likely N-dealkylation sites (N-methyl/N-ethyl adjacent to an activating group) is 1. The topological polar surface area (TPSA) is 111 Å². The first-order chi connectivity index (χ1) is 39.4. The van der Waals surface area contributed by atoms with Crippen LogP contribution in [0.4, 0.5) is 0 Å². The maximum Gasteiger partial charge on any atom is 0.472 e. The highest BCUT2D eigenvalue weighted by atomic mass is 31.2. The summed E-state index contributed by atoms with van der Waals surface area (Å²) < 4.78 is 30.8. The number of esters is 1. The fourth-order valence-corrected chi connectivity index (χ4v) is 10.8. The summed E-state index contributed by atoms with van der Waals surface area (Å²) in [4.78, 5) is 37.8. The van der Waals surface area contributed by atoms with Gasteiger partial charge in [-0.2, -0.15) is 0 Å². The number of carbonyl (C=O) groups is 2. The second kappa shape index (κ2) is 60.8. The normalized spacial score (nSPS) is 13.9. The van der Waals surface area contributed by atoms with Crippen LogP contribution in [0.1, 0.15) is 329 Å². The molecular formula is C71H134N2O7P+. The number of ether oxygens (including phenoxy) is 1. The van der Waals surface area contributed by atoms with E-state index in [1.165, 1.54) is 225 Å². The Morgan fingerprint density at radius 3 is 1.14 bits per heavy atom. The lowest BCUT2D eigenvalue weighted by Gasteiger charge is -2.27. The van der Waals surface area contributed by atoms with Crippen molar-refractivity contribution in [3.05, 3.63) is 60.8 Å². The smallest absolute Gasteiger partial charge is 0.456 e. The predicted molar refractivity (Wildman–Crippen MR) is 351 cm³/mol. The Labute approximate surface area is 502 Å². The first-order valence-electron chi connectivity index (χ1n) is 34.6. The van der Waals surface area contributed by atoms with Crippen LogP contribution in [0.2, 0.25) is 0 Å². The van der Waals surface area contributed by atoms with Crippen molar-refractivity contribution < 1.29 is 37.3 Å². The average molecular weight is 1160 g/mol. The van der Waals surface area contributed by atoms with Gasteiger partial charge in [0.2, 0.25) is 5.91 Å². The Bertz CT molecular complexity index is 1570. The lowest BCUT2D eigenvalue weighted by Crippen LogP contribution is -2.47. The Hall–Kier alpha value is -2.29. The van der Waals surface area contributed by atoms with Crippen molar-refractivity contribution in [2.24, 2.45) is 0 Å². The standard InChI is InChI=1S/C71H133N2O7P/c1-7-10-13-16-19-22-25-27-29-31-33-35-36-38-39-41-43-45-48-51-54-57-60-63-70(74)72-68(67-79-81(76,77)78-66-65-73(4,5)6)69(62-59-56-53-50-47-24-21-18-15-12-9-3)80-71(75)64-61-58-55-52-49-46-44-42-40-37-34-32-30-28-26-23-20-17-14-11-8-2/h19-20,22-23,27-30,59,62,68-69H,7-18,21,24-26,31-58,60-61,63-67H2,1-6H3,(H-,72,74,76,77)/p+1/b22-19-,23-20-,29-27-,30-28-,62-59+. The molecule has 10 heteroatoms. The van der Waals surface area contributed by atoms with Gasteiger partial charge in [0.05, 0.1) is 33.8 Å². The second-order valence-electron chi connectivity index (χ2n) is 24.7. The van der Waals surface area contributed by atoms with Gasteiger partial charge in [-0.15, -0.1) is 0 Å². The highest BCUT2D eigenvalue weighted by Gasteiger charge is 2.30. The minimum absolute atomic E-state index is 0.0398. The first-order valence-corrected chi connectivity index (χ1v) is 36.1. The van der Waals surface area contributed by atoms with Gasteiger partial charge in [-0.3, -0.25) is 18.6 Å². The average Bonchev–Trinajstić information content (AvgIpc) is 3.43. The van der Waals surface area contributed by atoms with E-state index in [4.69, 9.17) is 13.8 Å². The highest BCUT2D eigenvalue weighted by molar-refractivity contribution is 7.47. The number of quaternary nitrogens is 1. The van der Waals surface area contributed by atoms with Crippen LogP contribution in [-0.4, -0.2) is 74.3 Å². The number of hydrogen-bond donors (Lipinski definition) is 2. The van der Waals surface area contributed by atoms with Crippen LogP contribution in [0, 0.1) is 0 Å². The molecule has 1 amide bonds. The van der Waals surface area contributed by atoms with E-state index in [9.17, 15) is 19.0 Å². The lowest BCUT2D eigenvalue weighted by atomic mass is 10.0. The van der Waals surface area contributed by atoms with Gasteiger partial charge in [0.25, 0.3) is 0 Å². The predicted octanol–water partition coefficient (Wildman–Crippen LogP) is 21.8. The number of allylic oxidation sites excluding steroid dienone is 9. The number of amides is 1. The second-order valence-corrected chi connectivity index (χ2v) is 26.1. The van der Waals surface area contributed by atoms with Crippen molar-refractivity contribution >= 4 is 19.7 Å². The summed E-state index contributed by atoms with van der Waals surface area (Å²) in [6.45, 7) is 6.99. The molecule has 0 saturated heterocycles. The van der Waals surface area contributed by atoms with Gasteiger partial charge in [0.15, 0.2) is 0 Å². The summed E-state index contributed by atoms with van der Waals surface area (Å²) in [6.07, 6.45) is 78.0. The molecular weight excluding hydrogens is 1020 g/mol. The first kappa shape index (κ1) is 78.7. The molecule has 81 heavy (non-hydrogen) atoms. The molecule has 3 atom stereocenters. The Morgan fingerprint density at radius 1 is 0.432 bits per heavy atom. The fraction of sp³-hybridized carbons (Fsp3) is 0.831. The zero-order valence-corrected chi connectivity index (χ0v) is 55.2. The van der Waals surface area contributed by atoms with Crippen molar-refractivity contribution in [2.45, 2.75) is 341 Å². The van der Waals surface area contributed by atoms with Crippen molar-refractivity contribution in [1.29, 1.82) is 0 Å². The summed E-state index contributed by atoms with van der Waals surface area (Å²) in [6, 6.07) is -0.850. The third-order valence-corrected chi connectivity index (χ3v) is 16.4. The Kier molecular flexibility index (Phi) is 59.1. The van der Waals surface area contributed by atoms with Gasteiger partial charge in [-0.25, -0.2) is 4.57 Å². The van der Waals surface area contributed by atoms with Crippen LogP contribution in [0.15, 0.2) is 60.8 Å². The number of phosphoric ester groups is 1. The molecule has 0 aliphatic carbocycles. The van der Waals surface area contributed by atoms with Crippen molar-refractivity contribution in [2.75, 3.05) is 40.9 Å². The number of rotatable bonds is 63. The third-order valence-electron chi connectivity index (χ3n) is 15.4. The van der Waals surface area contributed by atoms with E-state index in [0.717, 1.165) is 70.6 Å². The molecule has 0 heterocycles.